The van der Waals surface area contributed by atoms with Gasteiger partial charge in [-0.05, 0) is 19.4 Å². The fraction of sp³-hybridized carbons (Fsp3) is 1.00. The lowest BCUT2D eigenvalue weighted by molar-refractivity contribution is 0.0592. The van der Waals surface area contributed by atoms with Crippen molar-refractivity contribution in [3.8, 4) is 0 Å². The summed E-state index contributed by atoms with van der Waals surface area (Å²) in [5, 5.41) is 6.82. The molecule has 2 atom stereocenters. The van der Waals surface area contributed by atoms with E-state index >= 15 is 0 Å². The summed E-state index contributed by atoms with van der Waals surface area (Å²) in [5.41, 5.74) is 0. The third-order valence-corrected chi connectivity index (χ3v) is 2.46. The van der Waals surface area contributed by atoms with Crippen molar-refractivity contribution in [3.63, 3.8) is 0 Å². The topological polar surface area (TPSA) is 33.3 Å². The summed E-state index contributed by atoms with van der Waals surface area (Å²) in [7, 11) is 0. The summed E-state index contributed by atoms with van der Waals surface area (Å²) < 4.78 is 5.52. The molecule has 3 nitrogen and oxygen atoms in total. The average Bonchev–Trinajstić information content (AvgIpc) is 2.58. The molecule has 0 aromatic rings. The van der Waals surface area contributed by atoms with E-state index in [0.717, 1.165) is 19.7 Å². The van der Waals surface area contributed by atoms with Crippen molar-refractivity contribution in [2.24, 2.45) is 0 Å². The van der Waals surface area contributed by atoms with Crippen molar-refractivity contribution in [2.45, 2.75) is 31.5 Å². The molecule has 0 amide bonds. The molecule has 2 fully saturated rings. The third-order valence-electron chi connectivity index (χ3n) is 2.46. The lowest BCUT2D eigenvalue weighted by Gasteiger charge is -2.27. The fourth-order valence-corrected chi connectivity index (χ4v) is 1.84. The van der Waals surface area contributed by atoms with Gasteiger partial charge in [0, 0.05) is 12.6 Å². The molecule has 72 valence electrons. The van der Waals surface area contributed by atoms with Crippen LogP contribution < -0.4 is 10.6 Å². The van der Waals surface area contributed by atoms with Crippen LogP contribution in [0.1, 0.15) is 19.3 Å². The van der Waals surface area contributed by atoms with E-state index in [4.69, 9.17) is 4.74 Å². The molecule has 2 saturated heterocycles. The van der Waals surface area contributed by atoms with E-state index < -0.39 is 0 Å². The van der Waals surface area contributed by atoms with E-state index in [2.05, 4.69) is 10.6 Å². The van der Waals surface area contributed by atoms with Crippen LogP contribution in [0.5, 0.6) is 0 Å². The van der Waals surface area contributed by atoms with E-state index in [1.165, 1.54) is 19.3 Å². The molecule has 0 radical (unpaired) electrons. The third kappa shape index (κ3) is 2.33. The van der Waals surface area contributed by atoms with Gasteiger partial charge >= 0.3 is 0 Å². The molecular weight excluding hydrogens is 176 g/mol. The fourth-order valence-electron chi connectivity index (χ4n) is 1.84. The van der Waals surface area contributed by atoms with Crippen molar-refractivity contribution < 1.29 is 4.74 Å². The Morgan fingerprint density at radius 2 is 2.00 bits per heavy atom. The molecule has 2 heterocycles. The quantitative estimate of drug-likeness (QED) is 0.635. The van der Waals surface area contributed by atoms with Crippen LogP contribution in [0.3, 0.4) is 0 Å². The van der Waals surface area contributed by atoms with Crippen LogP contribution in [-0.4, -0.2) is 32.0 Å². The number of halogens is 1. The molecule has 0 aromatic carbocycles. The second-order valence-corrected chi connectivity index (χ2v) is 3.30. The second-order valence-electron chi connectivity index (χ2n) is 3.30. The SMILES string of the molecule is C1CCC(C2NCCO2)NC1.Cl. The van der Waals surface area contributed by atoms with Gasteiger partial charge in [-0.1, -0.05) is 6.42 Å². The standard InChI is InChI=1S/C8H16N2O.ClH/c1-2-4-9-7(3-1)8-10-5-6-11-8;/h7-10H,1-6H2;1H. The van der Waals surface area contributed by atoms with E-state index in [1.54, 1.807) is 0 Å². The minimum absolute atomic E-state index is 0. The molecule has 4 heteroatoms. The van der Waals surface area contributed by atoms with E-state index in [9.17, 15) is 0 Å². The number of hydrogen-bond donors (Lipinski definition) is 2. The maximum atomic E-state index is 5.52. The minimum atomic E-state index is 0. The van der Waals surface area contributed by atoms with Crippen LogP contribution >= 0.6 is 12.4 Å². The normalized spacial score (nSPS) is 36.0. The van der Waals surface area contributed by atoms with Gasteiger partial charge in [-0.3, -0.25) is 5.32 Å². The maximum absolute atomic E-state index is 5.52. The van der Waals surface area contributed by atoms with Gasteiger partial charge in [-0.25, -0.2) is 0 Å². The number of ether oxygens (including phenoxy) is 1. The minimum Gasteiger partial charge on any atom is -0.360 e. The Hall–Kier alpha value is 0.170. The van der Waals surface area contributed by atoms with Crippen molar-refractivity contribution in [2.75, 3.05) is 19.7 Å². The van der Waals surface area contributed by atoms with Crippen LogP contribution in [0, 0.1) is 0 Å². The second kappa shape index (κ2) is 5.02. The van der Waals surface area contributed by atoms with Crippen molar-refractivity contribution in [1.29, 1.82) is 0 Å². The number of hydrogen-bond acceptors (Lipinski definition) is 3. The smallest absolute Gasteiger partial charge is 0.123 e. The zero-order chi connectivity index (χ0) is 7.52. The van der Waals surface area contributed by atoms with Gasteiger partial charge in [0.2, 0.25) is 0 Å². The van der Waals surface area contributed by atoms with Gasteiger partial charge in [0.25, 0.3) is 0 Å². The highest BCUT2D eigenvalue weighted by molar-refractivity contribution is 5.85. The summed E-state index contributed by atoms with van der Waals surface area (Å²) in [6, 6.07) is 0.561. The van der Waals surface area contributed by atoms with E-state index in [-0.39, 0.29) is 18.6 Å². The lowest BCUT2D eigenvalue weighted by atomic mass is 10.0. The number of rotatable bonds is 1. The molecule has 0 bridgehead atoms. The highest BCUT2D eigenvalue weighted by Crippen LogP contribution is 2.12. The van der Waals surface area contributed by atoms with Crippen LogP contribution in [0.15, 0.2) is 0 Å². The molecule has 2 rings (SSSR count). The molecule has 2 unspecified atom stereocenters. The molecule has 0 aromatic heterocycles. The van der Waals surface area contributed by atoms with Crippen molar-refractivity contribution >= 4 is 12.4 Å². The highest BCUT2D eigenvalue weighted by Gasteiger charge is 2.25. The average molecular weight is 193 g/mol. The first-order valence-electron chi connectivity index (χ1n) is 4.55. The number of nitrogens with one attached hydrogen (secondary N) is 2. The highest BCUT2D eigenvalue weighted by atomic mass is 35.5. The first-order valence-corrected chi connectivity index (χ1v) is 4.55. The zero-order valence-electron chi connectivity index (χ0n) is 7.21. The summed E-state index contributed by atoms with van der Waals surface area (Å²) in [6.45, 7) is 3.05. The van der Waals surface area contributed by atoms with Gasteiger partial charge in [0.05, 0.1) is 6.61 Å². The molecule has 0 saturated carbocycles. The van der Waals surface area contributed by atoms with Gasteiger partial charge < -0.3 is 10.1 Å². The molecule has 12 heavy (non-hydrogen) atoms. The molecule has 2 aliphatic heterocycles. The Morgan fingerprint density at radius 1 is 1.08 bits per heavy atom. The Bertz CT molecular complexity index is 122. The van der Waals surface area contributed by atoms with Gasteiger partial charge in [-0.15, -0.1) is 12.4 Å². The van der Waals surface area contributed by atoms with Crippen LogP contribution in [0.4, 0.5) is 0 Å². The van der Waals surface area contributed by atoms with Crippen LogP contribution in [-0.2, 0) is 4.74 Å². The van der Waals surface area contributed by atoms with Gasteiger partial charge in [0.1, 0.15) is 6.23 Å². The monoisotopic (exact) mass is 192 g/mol. The molecule has 2 N–H and O–H groups in total. The van der Waals surface area contributed by atoms with Crippen LogP contribution in [0.2, 0.25) is 0 Å². The largest absolute Gasteiger partial charge is 0.360 e. The van der Waals surface area contributed by atoms with E-state index in [0.29, 0.717) is 6.04 Å². The van der Waals surface area contributed by atoms with Gasteiger partial charge in [-0.2, -0.15) is 0 Å². The maximum Gasteiger partial charge on any atom is 0.123 e. The van der Waals surface area contributed by atoms with Gasteiger partial charge in [0.15, 0.2) is 0 Å². The Kier molecular flexibility index (Phi) is 4.29. The summed E-state index contributed by atoms with van der Waals surface area (Å²) >= 11 is 0. The van der Waals surface area contributed by atoms with Crippen molar-refractivity contribution in [3.05, 3.63) is 0 Å². The number of piperidine rings is 1. The Labute approximate surface area is 79.6 Å². The molecule has 0 spiro atoms. The zero-order valence-corrected chi connectivity index (χ0v) is 8.03. The first kappa shape index (κ1) is 10.3. The molecule has 0 aliphatic carbocycles. The summed E-state index contributed by atoms with van der Waals surface area (Å²) in [6.07, 6.45) is 4.22. The molecular formula is C8H17ClN2O. The lowest BCUT2D eigenvalue weighted by Crippen LogP contribution is -2.48. The molecule has 2 aliphatic rings. The predicted octanol–water partition coefficient (Wildman–Crippen LogP) is 0.496. The first-order chi connectivity index (χ1) is 5.47. The Balaban J connectivity index is 0.000000720. The van der Waals surface area contributed by atoms with Crippen molar-refractivity contribution in [1.82, 2.24) is 10.6 Å². The summed E-state index contributed by atoms with van der Waals surface area (Å²) in [5.74, 6) is 0. The van der Waals surface area contributed by atoms with E-state index in [1.807, 2.05) is 0 Å². The Morgan fingerprint density at radius 3 is 2.58 bits per heavy atom. The predicted molar refractivity (Wildman–Crippen MR) is 50.6 cm³/mol. The summed E-state index contributed by atoms with van der Waals surface area (Å²) in [4.78, 5) is 0. The van der Waals surface area contributed by atoms with Crippen LogP contribution in [0.25, 0.3) is 0 Å².